The SMILES string of the molecule is C=C[C@@H]1CC[C@@H](NC(=O)O)CO1. The fourth-order valence-corrected chi connectivity index (χ4v) is 1.25. The molecule has 1 saturated heterocycles. The predicted molar refractivity (Wildman–Crippen MR) is 44.1 cm³/mol. The Morgan fingerprint density at radius 3 is 2.83 bits per heavy atom. The Morgan fingerprint density at radius 2 is 2.42 bits per heavy atom. The highest BCUT2D eigenvalue weighted by atomic mass is 16.5. The summed E-state index contributed by atoms with van der Waals surface area (Å²) in [5, 5.41) is 10.8. The van der Waals surface area contributed by atoms with Crippen LogP contribution in [0.4, 0.5) is 4.79 Å². The Bertz CT molecular complexity index is 173. The first-order valence-electron chi connectivity index (χ1n) is 3.96. The van der Waals surface area contributed by atoms with Crippen LogP contribution in [0.3, 0.4) is 0 Å². The molecular weight excluding hydrogens is 158 g/mol. The van der Waals surface area contributed by atoms with E-state index in [0.717, 1.165) is 12.8 Å². The van der Waals surface area contributed by atoms with Gasteiger partial charge in [0.15, 0.2) is 0 Å². The lowest BCUT2D eigenvalue weighted by atomic mass is 10.1. The molecule has 1 aliphatic heterocycles. The maximum Gasteiger partial charge on any atom is 0.404 e. The van der Waals surface area contributed by atoms with Gasteiger partial charge in [0.1, 0.15) is 0 Å². The van der Waals surface area contributed by atoms with Crippen molar-refractivity contribution in [3.05, 3.63) is 12.7 Å². The van der Waals surface area contributed by atoms with E-state index >= 15 is 0 Å². The highest BCUT2D eigenvalue weighted by Crippen LogP contribution is 2.13. The second-order valence-corrected chi connectivity index (χ2v) is 2.83. The molecule has 1 fully saturated rings. The van der Waals surface area contributed by atoms with Gasteiger partial charge in [0.05, 0.1) is 18.8 Å². The Kier molecular flexibility index (Phi) is 3.10. The molecule has 0 aromatic carbocycles. The fourth-order valence-electron chi connectivity index (χ4n) is 1.25. The Morgan fingerprint density at radius 1 is 1.67 bits per heavy atom. The normalized spacial score (nSPS) is 29.3. The zero-order valence-electron chi connectivity index (χ0n) is 6.82. The third-order valence-corrected chi connectivity index (χ3v) is 1.90. The van der Waals surface area contributed by atoms with Gasteiger partial charge in [-0.3, -0.25) is 0 Å². The molecule has 1 aliphatic rings. The van der Waals surface area contributed by atoms with Crippen LogP contribution >= 0.6 is 0 Å². The van der Waals surface area contributed by atoms with Gasteiger partial charge in [-0.1, -0.05) is 6.08 Å². The molecule has 0 spiro atoms. The zero-order chi connectivity index (χ0) is 8.97. The molecule has 68 valence electrons. The monoisotopic (exact) mass is 171 g/mol. The summed E-state index contributed by atoms with van der Waals surface area (Å²) in [5.41, 5.74) is 0. The summed E-state index contributed by atoms with van der Waals surface area (Å²) in [5.74, 6) is 0. The van der Waals surface area contributed by atoms with Gasteiger partial charge in [-0.15, -0.1) is 6.58 Å². The first-order chi connectivity index (χ1) is 5.72. The molecule has 2 atom stereocenters. The lowest BCUT2D eigenvalue weighted by molar-refractivity contribution is 0.0259. The highest BCUT2D eigenvalue weighted by molar-refractivity contribution is 5.64. The van der Waals surface area contributed by atoms with Gasteiger partial charge in [0.25, 0.3) is 0 Å². The van der Waals surface area contributed by atoms with Crippen molar-refractivity contribution >= 4 is 6.09 Å². The number of hydrogen-bond acceptors (Lipinski definition) is 2. The van der Waals surface area contributed by atoms with Crippen molar-refractivity contribution in [2.24, 2.45) is 0 Å². The summed E-state index contributed by atoms with van der Waals surface area (Å²) in [6.45, 7) is 4.06. The van der Waals surface area contributed by atoms with E-state index in [1.807, 2.05) is 0 Å². The number of amides is 1. The number of hydrogen-bond donors (Lipinski definition) is 2. The van der Waals surface area contributed by atoms with Crippen molar-refractivity contribution in [1.29, 1.82) is 0 Å². The largest absolute Gasteiger partial charge is 0.465 e. The molecule has 0 aromatic heterocycles. The molecule has 2 N–H and O–H groups in total. The Hall–Kier alpha value is -1.03. The van der Waals surface area contributed by atoms with Gasteiger partial charge in [-0.05, 0) is 12.8 Å². The molecule has 0 radical (unpaired) electrons. The molecule has 0 bridgehead atoms. The van der Waals surface area contributed by atoms with Crippen LogP contribution in [0.2, 0.25) is 0 Å². The van der Waals surface area contributed by atoms with Crippen LogP contribution < -0.4 is 5.32 Å². The number of carboxylic acid groups (broad SMARTS) is 1. The van der Waals surface area contributed by atoms with E-state index in [4.69, 9.17) is 9.84 Å². The number of carbonyl (C=O) groups is 1. The Labute approximate surface area is 71.2 Å². The van der Waals surface area contributed by atoms with E-state index in [9.17, 15) is 4.79 Å². The van der Waals surface area contributed by atoms with Gasteiger partial charge in [-0.2, -0.15) is 0 Å². The van der Waals surface area contributed by atoms with E-state index in [1.165, 1.54) is 0 Å². The minimum atomic E-state index is -0.986. The molecule has 0 aromatic rings. The molecule has 1 rings (SSSR count). The van der Waals surface area contributed by atoms with E-state index < -0.39 is 6.09 Å². The minimum absolute atomic E-state index is 0.0568. The van der Waals surface area contributed by atoms with Gasteiger partial charge in [0, 0.05) is 0 Å². The van der Waals surface area contributed by atoms with Crippen molar-refractivity contribution in [2.75, 3.05) is 6.61 Å². The van der Waals surface area contributed by atoms with E-state index in [0.29, 0.717) is 6.61 Å². The molecule has 0 saturated carbocycles. The summed E-state index contributed by atoms with van der Waals surface area (Å²) < 4.78 is 5.30. The summed E-state index contributed by atoms with van der Waals surface area (Å²) in [4.78, 5) is 10.2. The second kappa shape index (κ2) is 4.11. The summed E-state index contributed by atoms with van der Waals surface area (Å²) in [6, 6.07) is -0.0568. The smallest absolute Gasteiger partial charge is 0.404 e. The average molecular weight is 171 g/mol. The first-order valence-corrected chi connectivity index (χ1v) is 3.96. The lowest BCUT2D eigenvalue weighted by Crippen LogP contribution is -2.41. The second-order valence-electron chi connectivity index (χ2n) is 2.83. The van der Waals surface area contributed by atoms with Crippen LogP contribution in [0.15, 0.2) is 12.7 Å². The van der Waals surface area contributed by atoms with Gasteiger partial charge in [-0.25, -0.2) is 4.79 Å². The molecule has 4 nitrogen and oxygen atoms in total. The van der Waals surface area contributed by atoms with Crippen molar-refractivity contribution in [3.8, 4) is 0 Å². The van der Waals surface area contributed by atoms with Crippen molar-refractivity contribution in [3.63, 3.8) is 0 Å². The molecular formula is C8H13NO3. The minimum Gasteiger partial charge on any atom is -0.465 e. The topological polar surface area (TPSA) is 58.6 Å². The summed E-state index contributed by atoms with van der Waals surface area (Å²) >= 11 is 0. The summed E-state index contributed by atoms with van der Waals surface area (Å²) in [6.07, 6.45) is 2.52. The number of nitrogens with one attached hydrogen (secondary N) is 1. The first kappa shape index (κ1) is 9.06. The zero-order valence-corrected chi connectivity index (χ0v) is 6.82. The van der Waals surface area contributed by atoms with E-state index in [1.54, 1.807) is 6.08 Å². The van der Waals surface area contributed by atoms with Crippen LogP contribution in [0.25, 0.3) is 0 Å². The predicted octanol–water partition coefficient (Wildman–Crippen LogP) is 0.988. The van der Waals surface area contributed by atoms with Gasteiger partial charge < -0.3 is 15.2 Å². The molecule has 1 amide bonds. The molecule has 1 heterocycles. The van der Waals surface area contributed by atoms with Gasteiger partial charge >= 0.3 is 6.09 Å². The van der Waals surface area contributed by atoms with Crippen LogP contribution in [-0.2, 0) is 4.74 Å². The molecule has 12 heavy (non-hydrogen) atoms. The molecule has 4 heteroatoms. The number of rotatable bonds is 2. The molecule has 0 unspecified atom stereocenters. The van der Waals surface area contributed by atoms with Crippen LogP contribution in [-0.4, -0.2) is 30.0 Å². The lowest BCUT2D eigenvalue weighted by Gasteiger charge is -2.26. The highest BCUT2D eigenvalue weighted by Gasteiger charge is 2.20. The Balaban J connectivity index is 2.26. The summed E-state index contributed by atoms with van der Waals surface area (Å²) in [7, 11) is 0. The quantitative estimate of drug-likeness (QED) is 0.609. The van der Waals surface area contributed by atoms with Crippen LogP contribution in [0, 0.1) is 0 Å². The molecule has 0 aliphatic carbocycles. The average Bonchev–Trinajstić information content (AvgIpc) is 2.05. The van der Waals surface area contributed by atoms with Crippen molar-refractivity contribution < 1.29 is 14.6 Å². The van der Waals surface area contributed by atoms with Crippen LogP contribution in [0.5, 0.6) is 0 Å². The fraction of sp³-hybridized carbons (Fsp3) is 0.625. The van der Waals surface area contributed by atoms with E-state index in [-0.39, 0.29) is 12.1 Å². The van der Waals surface area contributed by atoms with Crippen molar-refractivity contribution in [2.45, 2.75) is 25.0 Å². The van der Waals surface area contributed by atoms with E-state index in [2.05, 4.69) is 11.9 Å². The maximum absolute atomic E-state index is 10.2. The maximum atomic E-state index is 10.2. The standard InChI is InChI=1S/C8H13NO3/c1-2-7-4-3-6(5-12-7)9-8(10)11/h2,6-7,9H,1,3-5H2,(H,10,11)/t6-,7-/m1/s1. The van der Waals surface area contributed by atoms with Crippen LogP contribution in [0.1, 0.15) is 12.8 Å². The third-order valence-electron chi connectivity index (χ3n) is 1.90. The van der Waals surface area contributed by atoms with Gasteiger partial charge in [0.2, 0.25) is 0 Å². The third kappa shape index (κ3) is 2.54. The van der Waals surface area contributed by atoms with Crippen molar-refractivity contribution in [1.82, 2.24) is 5.32 Å². The number of ether oxygens (including phenoxy) is 1.